The Bertz CT molecular complexity index is 865. The lowest BCUT2D eigenvalue weighted by Crippen LogP contribution is -1.94. The molecule has 0 radical (unpaired) electrons. The molecule has 3 aromatic rings. The summed E-state index contributed by atoms with van der Waals surface area (Å²) in [4.78, 5) is 30.6. The standard InChI is InChI=1S/C10H6N4O4S3/c1-4-5(8(15)16)20-10(11-4)21-6-7(14(17)18)13-2-3-19-9(13)12-6/h2-3H,1H3,(H,15,16). The molecular formula is C10H6N4O4S3. The van der Waals surface area contributed by atoms with Gasteiger partial charge in [0.2, 0.25) is 5.03 Å². The number of nitrogens with zero attached hydrogens (tertiary/aromatic N) is 4. The van der Waals surface area contributed by atoms with E-state index in [1.165, 1.54) is 15.7 Å². The zero-order valence-electron chi connectivity index (χ0n) is 10.3. The molecule has 0 unspecified atom stereocenters. The van der Waals surface area contributed by atoms with Crippen LogP contribution in [0.5, 0.6) is 0 Å². The largest absolute Gasteiger partial charge is 0.477 e. The predicted octanol–water partition coefficient (Wildman–Crippen LogP) is 2.92. The first-order valence-corrected chi connectivity index (χ1v) is 7.97. The molecule has 8 nitrogen and oxygen atoms in total. The third-order valence-corrected chi connectivity index (χ3v) is 5.46. The van der Waals surface area contributed by atoms with Crippen LogP contribution in [0.15, 0.2) is 20.9 Å². The molecule has 108 valence electrons. The fraction of sp³-hybridized carbons (Fsp3) is 0.100. The number of carbonyl (C=O) groups is 1. The van der Waals surface area contributed by atoms with E-state index in [1.54, 1.807) is 18.5 Å². The van der Waals surface area contributed by atoms with Crippen molar-refractivity contribution < 1.29 is 14.8 Å². The van der Waals surface area contributed by atoms with Crippen molar-refractivity contribution >= 4 is 51.2 Å². The smallest absolute Gasteiger partial charge is 0.363 e. The maximum Gasteiger partial charge on any atom is 0.363 e. The van der Waals surface area contributed by atoms with E-state index in [-0.39, 0.29) is 15.7 Å². The van der Waals surface area contributed by atoms with E-state index in [0.717, 1.165) is 23.1 Å². The molecule has 0 aliphatic heterocycles. The summed E-state index contributed by atoms with van der Waals surface area (Å²) in [6, 6.07) is 0. The predicted molar refractivity (Wildman–Crippen MR) is 77.7 cm³/mol. The molecule has 3 heterocycles. The zero-order chi connectivity index (χ0) is 15.1. The van der Waals surface area contributed by atoms with Gasteiger partial charge in [0, 0.05) is 5.38 Å². The summed E-state index contributed by atoms with van der Waals surface area (Å²) in [6.45, 7) is 1.59. The van der Waals surface area contributed by atoms with Crippen LogP contribution in [0.3, 0.4) is 0 Å². The molecular weight excluding hydrogens is 336 g/mol. The third kappa shape index (κ3) is 2.39. The summed E-state index contributed by atoms with van der Waals surface area (Å²) < 4.78 is 1.81. The SMILES string of the molecule is Cc1nc(Sc2nc3sccn3c2[N+](=O)[O-])sc1C(=O)O. The Morgan fingerprint density at radius 3 is 2.90 bits per heavy atom. The van der Waals surface area contributed by atoms with Crippen molar-refractivity contribution in [2.75, 3.05) is 0 Å². The van der Waals surface area contributed by atoms with Gasteiger partial charge in [-0.1, -0.05) is 22.7 Å². The zero-order valence-corrected chi connectivity index (χ0v) is 12.8. The topological polar surface area (TPSA) is 111 Å². The van der Waals surface area contributed by atoms with Crippen LogP contribution in [0, 0.1) is 17.0 Å². The molecule has 0 aromatic carbocycles. The van der Waals surface area contributed by atoms with Crippen LogP contribution in [-0.2, 0) is 0 Å². The maximum atomic E-state index is 11.2. The number of thiazole rings is 2. The van der Waals surface area contributed by atoms with E-state index < -0.39 is 10.9 Å². The van der Waals surface area contributed by atoms with Gasteiger partial charge < -0.3 is 15.2 Å². The Kier molecular flexibility index (Phi) is 3.39. The lowest BCUT2D eigenvalue weighted by Gasteiger charge is -1.94. The van der Waals surface area contributed by atoms with Crippen molar-refractivity contribution in [1.29, 1.82) is 0 Å². The number of aromatic nitrogens is 3. The van der Waals surface area contributed by atoms with Crippen LogP contribution in [0.4, 0.5) is 5.82 Å². The number of aromatic carboxylic acids is 1. The third-order valence-electron chi connectivity index (χ3n) is 2.53. The highest BCUT2D eigenvalue weighted by Crippen LogP contribution is 2.38. The highest BCUT2D eigenvalue weighted by atomic mass is 32.2. The second-order valence-electron chi connectivity index (χ2n) is 3.85. The van der Waals surface area contributed by atoms with Crippen molar-refractivity contribution in [1.82, 2.24) is 14.4 Å². The van der Waals surface area contributed by atoms with Gasteiger partial charge in [-0.3, -0.25) is 0 Å². The average molecular weight is 342 g/mol. The number of carboxylic acid groups (broad SMARTS) is 1. The van der Waals surface area contributed by atoms with Gasteiger partial charge >= 0.3 is 11.8 Å². The normalized spacial score (nSPS) is 11.1. The summed E-state index contributed by atoms with van der Waals surface area (Å²) in [5.41, 5.74) is 0.388. The van der Waals surface area contributed by atoms with Crippen molar-refractivity contribution in [3.63, 3.8) is 0 Å². The molecule has 0 saturated carbocycles. The first-order valence-electron chi connectivity index (χ1n) is 5.46. The Balaban J connectivity index is 2.03. The van der Waals surface area contributed by atoms with Crippen LogP contribution in [0.1, 0.15) is 15.4 Å². The fourth-order valence-corrected chi connectivity index (χ4v) is 4.49. The van der Waals surface area contributed by atoms with Gasteiger partial charge in [0.1, 0.15) is 11.1 Å². The van der Waals surface area contributed by atoms with Crippen molar-refractivity contribution in [3.8, 4) is 0 Å². The van der Waals surface area contributed by atoms with Crippen LogP contribution in [0.2, 0.25) is 0 Å². The molecule has 11 heteroatoms. The first kappa shape index (κ1) is 14.0. The minimum absolute atomic E-state index is 0.126. The van der Waals surface area contributed by atoms with Gasteiger partial charge in [0.15, 0.2) is 4.34 Å². The average Bonchev–Trinajstić information content (AvgIpc) is 3.02. The first-order chi connectivity index (χ1) is 9.97. The van der Waals surface area contributed by atoms with Crippen LogP contribution < -0.4 is 0 Å². The molecule has 0 fully saturated rings. The number of hydrogen-bond donors (Lipinski definition) is 1. The molecule has 3 rings (SSSR count). The van der Waals surface area contributed by atoms with Gasteiger partial charge in [-0.05, 0) is 23.6 Å². The molecule has 0 atom stereocenters. The van der Waals surface area contributed by atoms with Gasteiger partial charge in [-0.15, -0.1) is 0 Å². The van der Waals surface area contributed by atoms with Crippen molar-refractivity contribution in [3.05, 3.63) is 32.3 Å². The minimum Gasteiger partial charge on any atom is -0.477 e. The number of nitro groups is 1. The summed E-state index contributed by atoms with van der Waals surface area (Å²) >= 11 is 3.27. The van der Waals surface area contributed by atoms with Crippen LogP contribution in [-0.4, -0.2) is 30.4 Å². The van der Waals surface area contributed by atoms with Crippen LogP contribution in [0.25, 0.3) is 4.96 Å². The van der Waals surface area contributed by atoms with E-state index in [0.29, 0.717) is 15.0 Å². The summed E-state index contributed by atoms with van der Waals surface area (Å²) in [6.07, 6.45) is 1.57. The Hall–Kier alpha value is -1.98. The van der Waals surface area contributed by atoms with Crippen LogP contribution >= 0.6 is 34.4 Å². The molecule has 0 amide bonds. The van der Waals surface area contributed by atoms with E-state index in [2.05, 4.69) is 9.97 Å². The molecule has 0 saturated heterocycles. The number of imidazole rings is 1. The number of rotatable bonds is 4. The van der Waals surface area contributed by atoms with Crippen molar-refractivity contribution in [2.45, 2.75) is 16.3 Å². The number of carboxylic acids is 1. The van der Waals surface area contributed by atoms with Gasteiger partial charge in [0.25, 0.3) is 4.96 Å². The monoisotopic (exact) mass is 342 g/mol. The van der Waals surface area contributed by atoms with Crippen molar-refractivity contribution in [2.24, 2.45) is 0 Å². The minimum atomic E-state index is -1.06. The fourth-order valence-electron chi connectivity index (χ4n) is 1.68. The lowest BCUT2D eigenvalue weighted by molar-refractivity contribution is -0.393. The Morgan fingerprint density at radius 2 is 2.29 bits per heavy atom. The number of aryl methyl sites for hydroxylation is 1. The summed E-state index contributed by atoms with van der Waals surface area (Å²) in [7, 11) is 0. The number of fused-ring (bicyclic) bond motifs is 1. The Morgan fingerprint density at radius 1 is 1.52 bits per heavy atom. The van der Waals surface area contributed by atoms with E-state index >= 15 is 0 Å². The molecule has 0 aliphatic rings. The van der Waals surface area contributed by atoms with E-state index in [1.807, 2.05) is 0 Å². The summed E-state index contributed by atoms with van der Waals surface area (Å²) in [5, 5.41) is 22.1. The molecule has 3 aromatic heterocycles. The molecule has 0 spiro atoms. The molecule has 21 heavy (non-hydrogen) atoms. The van der Waals surface area contributed by atoms with Gasteiger partial charge in [0.05, 0.1) is 5.69 Å². The summed E-state index contributed by atoms with van der Waals surface area (Å²) in [5.74, 6) is -1.20. The van der Waals surface area contributed by atoms with E-state index in [4.69, 9.17) is 5.11 Å². The number of hydrogen-bond acceptors (Lipinski definition) is 8. The second kappa shape index (κ2) is 5.09. The highest BCUT2D eigenvalue weighted by Gasteiger charge is 2.26. The Labute approximate surface area is 129 Å². The second-order valence-corrected chi connectivity index (χ2v) is 6.96. The maximum absolute atomic E-state index is 11.2. The van der Waals surface area contributed by atoms with Gasteiger partial charge in [-0.25, -0.2) is 9.78 Å². The quantitative estimate of drug-likeness (QED) is 0.573. The molecule has 1 N–H and O–H groups in total. The molecule has 0 bridgehead atoms. The molecule has 0 aliphatic carbocycles. The van der Waals surface area contributed by atoms with Gasteiger partial charge in [-0.2, -0.15) is 9.38 Å². The van der Waals surface area contributed by atoms with E-state index in [9.17, 15) is 14.9 Å². The highest BCUT2D eigenvalue weighted by molar-refractivity contribution is 8.01. The lowest BCUT2D eigenvalue weighted by atomic mass is 10.4.